The highest BCUT2D eigenvalue weighted by Crippen LogP contribution is 2.53. The SMILES string of the molecule is C/C=C(\C)c1c(Cl)c(OC)c(C)c2c1Oc1cc(O)c(Cl)c(C)c1C(=O)O2. The second kappa shape index (κ2) is 6.98. The second-order valence-corrected chi connectivity index (χ2v) is 6.93. The number of halogens is 2. The van der Waals surface area contributed by atoms with Gasteiger partial charge in [-0.25, -0.2) is 4.79 Å². The lowest BCUT2D eigenvalue weighted by atomic mass is 10.0. The maximum Gasteiger partial charge on any atom is 0.347 e. The van der Waals surface area contributed by atoms with Gasteiger partial charge in [0.1, 0.15) is 22.8 Å². The molecule has 0 spiro atoms. The van der Waals surface area contributed by atoms with Gasteiger partial charge in [0.15, 0.2) is 11.5 Å². The topological polar surface area (TPSA) is 65.0 Å². The van der Waals surface area contributed by atoms with Crippen LogP contribution in [-0.4, -0.2) is 18.2 Å². The first-order valence-electron chi connectivity index (χ1n) is 8.18. The average molecular weight is 409 g/mol. The van der Waals surface area contributed by atoms with Gasteiger partial charge in [-0.2, -0.15) is 0 Å². The molecule has 0 unspecified atom stereocenters. The molecule has 2 aromatic carbocycles. The first kappa shape index (κ1) is 19.4. The molecule has 0 aliphatic carbocycles. The minimum Gasteiger partial charge on any atom is -0.506 e. The number of carbonyl (C=O) groups excluding carboxylic acids is 1. The van der Waals surface area contributed by atoms with Crippen LogP contribution >= 0.6 is 23.2 Å². The molecule has 27 heavy (non-hydrogen) atoms. The van der Waals surface area contributed by atoms with Crippen molar-refractivity contribution >= 4 is 34.7 Å². The summed E-state index contributed by atoms with van der Waals surface area (Å²) >= 11 is 12.7. The van der Waals surface area contributed by atoms with Crippen molar-refractivity contribution in [3.63, 3.8) is 0 Å². The Hall–Kier alpha value is -2.37. The summed E-state index contributed by atoms with van der Waals surface area (Å²) in [5.74, 6) is 0.200. The lowest BCUT2D eigenvalue weighted by Crippen LogP contribution is -2.10. The van der Waals surface area contributed by atoms with Gasteiger partial charge in [-0.05, 0) is 38.8 Å². The van der Waals surface area contributed by atoms with E-state index in [4.69, 9.17) is 37.4 Å². The number of hydrogen-bond acceptors (Lipinski definition) is 5. The number of phenols is 1. The summed E-state index contributed by atoms with van der Waals surface area (Å²) < 4.78 is 17.1. The molecule has 3 rings (SSSR count). The molecule has 0 radical (unpaired) electrons. The van der Waals surface area contributed by atoms with Crippen molar-refractivity contribution in [1.82, 2.24) is 0 Å². The molecule has 1 aliphatic heterocycles. The van der Waals surface area contributed by atoms with Crippen molar-refractivity contribution in [3.8, 4) is 28.7 Å². The van der Waals surface area contributed by atoms with Crippen LogP contribution < -0.4 is 14.2 Å². The van der Waals surface area contributed by atoms with Gasteiger partial charge in [-0.1, -0.05) is 29.3 Å². The van der Waals surface area contributed by atoms with Gasteiger partial charge >= 0.3 is 5.97 Å². The summed E-state index contributed by atoms with van der Waals surface area (Å²) in [6.45, 7) is 7.05. The molecule has 1 aliphatic rings. The van der Waals surface area contributed by atoms with Crippen molar-refractivity contribution in [3.05, 3.63) is 44.4 Å². The molecular weight excluding hydrogens is 391 g/mol. The van der Waals surface area contributed by atoms with Crippen molar-refractivity contribution in [2.45, 2.75) is 27.7 Å². The Morgan fingerprint density at radius 2 is 1.81 bits per heavy atom. The highest BCUT2D eigenvalue weighted by molar-refractivity contribution is 6.34. The monoisotopic (exact) mass is 408 g/mol. The molecule has 0 amide bonds. The number of esters is 1. The Balaban J connectivity index is 2.41. The lowest BCUT2D eigenvalue weighted by molar-refractivity contribution is 0.0735. The van der Waals surface area contributed by atoms with Gasteiger partial charge in [-0.15, -0.1) is 0 Å². The average Bonchev–Trinajstić information content (AvgIpc) is 2.76. The van der Waals surface area contributed by atoms with E-state index in [-0.39, 0.29) is 33.6 Å². The molecule has 1 N–H and O–H groups in total. The molecule has 0 bridgehead atoms. The molecule has 7 heteroatoms. The van der Waals surface area contributed by atoms with Crippen LogP contribution in [0.2, 0.25) is 10.0 Å². The third kappa shape index (κ3) is 2.91. The van der Waals surface area contributed by atoms with Crippen molar-refractivity contribution in [1.29, 1.82) is 0 Å². The predicted octanol–water partition coefficient (Wildman–Crippen LogP) is 6.07. The summed E-state index contributed by atoms with van der Waals surface area (Å²) in [6, 6.07) is 1.29. The van der Waals surface area contributed by atoms with Crippen LogP contribution in [0.15, 0.2) is 12.1 Å². The summed E-state index contributed by atoms with van der Waals surface area (Å²) in [7, 11) is 1.49. The Bertz CT molecular complexity index is 1010. The van der Waals surface area contributed by atoms with Crippen molar-refractivity contribution < 1.29 is 24.1 Å². The van der Waals surface area contributed by atoms with E-state index in [1.54, 1.807) is 13.8 Å². The number of hydrogen-bond donors (Lipinski definition) is 1. The molecule has 142 valence electrons. The van der Waals surface area contributed by atoms with Gasteiger partial charge in [0.2, 0.25) is 0 Å². The molecule has 0 atom stereocenters. The summed E-state index contributed by atoms with van der Waals surface area (Å²) in [5.41, 5.74) is 2.39. The standard InChI is InChI=1S/C20H18Cl2O5/c1-6-8(2)13-16(22)17(25-5)10(4)18-19(13)26-12-7-11(23)15(21)9(3)14(12)20(24)27-18/h6-7,23H,1-5H3/b8-6+. The number of rotatable bonds is 2. The zero-order valence-electron chi connectivity index (χ0n) is 15.5. The van der Waals surface area contributed by atoms with E-state index >= 15 is 0 Å². The predicted molar refractivity (Wildman–Crippen MR) is 105 cm³/mol. The Morgan fingerprint density at radius 3 is 2.41 bits per heavy atom. The zero-order chi connectivity index (χ0) is 20.0. The van der Waals surface area contributed by atoms with Crippen LogP contribution in [0.25, 0.3) is 5.57 Å². The minimum absolute atomic E-state index is 0.0671. The molecular formula is C20H18Cl2O5. The Morgan fingerprint density at radius 1 is 1.15 bits per heavy atom. The van der Waals surface area contributed by atoms with E-state index in [0.29, 0.717) is 27.5 Å². The van der Waals surface area contributed by atoms with Crippen LogP contribution in [0.4, 0.5) is 0 Å². The molecule has 1 heterocycles. The third-order valence-electron chi connectivity index (χ3n) is 4.62. The van der Waals surface area contributed by atoms with Crippen LogP contribution in [-0.2, 0) is 0 Å². The van der Waals surface area contributed by atoms with Gasteiger partial charge in [0.05, 0.1) is 17.2 Å². The van der Waals surface area contributed by atoms with E-state index in [0.717, 1.165) is 5.57 Å². The van der Waals surface area contributed by atoms with Gasteiger partial charge < -0.3 is 19.3 Å². The van der Waals surface area contributed by atoms with E-state index in [2.05, 4.69) is 0 Å². The van der Waals surface area contributed by atoms with Crippen molar-refractivity contribution in [2.24, 2.45) is 0 Å². The van der Waals surface area contributed by atoms with Crippen LogP contribution in [0.5, 0.6) is 28.7 Å². The molecule has 0 fully saturated rings. The first-order valence-corrected chi connectivity index (χ1v) is 8.93. The lowest BCUT2D eigenvalue weighted by Gasteiger charge is -2.19. The fourth-order valence-corrected chi connectivity index (χ4v) is 3.66. The van der Waals surface area contributed by atoms with Gasteiger partial charge in [0.25, 0.3) is 0 Å². The molecule has 0 aromatic heterocycles. The normalized spacial score (nSPS) is 13.3. The van der Waals surface area contributed by atoms with Crippen LogP contribution in [0, 0.1) is 13.8 Å². The number of phenolic OH excluding ortho intramolecular Hbond substituents is 1. The quantitative estimate of drug-likeness (QED) is 0.482. The summed E-state index contributed by atoms with van der Waals surface area (Å²) in [4.78, 5) is 12.8. The number of ether oxygens (including phenoxy) is 3. The van der Waals surface area contributed by atoms with E-state index < -0.39 is 5.97 Å². The van der Waals surface area contributed by atoms with Gasteiger partial charge in [0, 0.05) is 17.2 Å². The number of allylic oxidation sites excluding steroid dienone is 2. The fraction of sp³-hybridized carbons (Fsp3) is 0.250. The van der Waals surface area contributed by atoms with Crippen LogP contribution in [0.1, 0.15) is 40.9 Å². The van der Waals surface area contributed by atoms with E-state index in [1.807, 2.05) is 19.9 Å². The molecule has 0 saturated heterocycles. The number of benzene rings is 2. The largest absolute Gasteiger partial charge is 0.506 e. The maximum atomic E-state index is 12.8. The molecule has 0 saturated carbocycles. The van der Waals surface area contributed by atoms with Crippen molar-refractivity contribution in [2.75, 3.05) is 7.11 Å². The first-order chi connectivity index (χ1) is 12.7. The highest BCUT2D eigenvalue weighted by atomic mass is 35.5. The third-order valence-corrected chi connectivity index (χ3v) is 5.46. The number of aromatic hydroxyl groups is 1. The Labute approximate surface area is 167 Å². The summed E-state index contributed by atoms with van der Waals surface area (Å²) in [5, 5.41) is 10.5. The number of carbonyl (C=O) groups is 1. The number of methoxy groups -OCH3 is 1. The molecule has 5 nitrogen and oxygen atoms in total. The minimum atomic E-state index is -0.639. The Kier molecular flexibility index (Phi) is 5.02. The van der Waals surface area contributed by atoms with E-state index in [9.17, 15) is 9.90 Å². The van der Waals surface area contributed by atoms with Gasteiger partial charge in [-0.3, -0.25) is 0 Å². The highest BCUT2D eigenvalue weighted by Gasteiger charge is 2.33. The summed E-state index contributed by atoms with van der Waals surface area (Å²) in [6.07, 6.45) is 1.86. The van der Waals surface area contributed by atoms with E-state index in [1.165, 1.54) is 13.2 Å². The molecule has 2 aromatic rings. The fourth-order valence-electron chi connectivity index (χ4n) is 3.06. The zero-order valence-corrected chi connectivity index (χ0v) is 17.0. The van der Waals surface area contributed by atoms with Crippen LogP contribution in [0.3, 0.4) is 0 Å². The number of fused-ring (bicyclic) bond motifs is 2. The smallest absolute Gasteiger partial charge is 0.347 e. The second-order valence-electron chi connectivity index (χ2n) is 6.18. The maximum absolute atomic E-state index is 12.8.